The fraction of sp³-hybridized carbons (Fsp3) is 0.125. The van der Waals surface area contributed by atoms with E-state index < -0.39 is 0 Å². The molecule has 1 aromatic carbocycles. The molecule has 0 fully saturated rings. The van der Waals surface area contributed by atoms with Crippen molar-refractivity contribution in [1.29, 1.82) is 0 Å². The lowest BCUT2D eigenvalue weighted by Crippen LogP contribution is -2.28. The van der Waals surface area contributed by atoms with Gasteiger partial charge in [0.2, 0.25) is 0 Å². The molecule has 0 saturated carbocycles. The molecule has 2 amide bonds. The molecule has 0 saturated heterocycles. The molecule has 3 aromatic rings. The second-order valence-corrected chi connectivity index (χ2v) is 5.04. The van der Waals surface area contributed by atoms with E-state index in [1.807, 2.05) is 43.3 Å². The number of carbonyl (C=O) groups excluding carboxylic acids is 1. The van der Waals surface area contributed by atoms with Crippen molar-refractivity contribution in [1.82, 2.24) is 25.3 Å². The molecule has 0 bridgehead atoms. The van der Waals surface area contributed by atoms with Crippen LogP contribution < -0.4 is 10.6 Å². The van der Waals surface area contributed by atoms with Gasteiger partial charge in [-0.3, -0.25) is 4.98 Å². The Morgan fingerprint density at radius 2 is 2.04 bits per heavy atom. The van der Waals surface area contributed by atoms with Gasteiger partial charge >= 0.3 is 6.03 Å². The Balaban J connectivity index is 1.56. The van der Waals surface area contributed by atoms with Crippen LogP contribution >= 0.6 is 0 Å². The van der Waals surface area contributed by atoms with Gasteiger partial charge in [0.1, 0.15) is 5.69 Å². The predicted octanol–water partition coefficient (Wildman–Crippen LogP) is 2.29. The van der Waals surface area contributed by atoms with Crippen molar-refractivity contribution < 1.29 is 4.79 Å². The topological polar surface area (TPSA) is 84.7 Å². The highest BCUT2D eigenvalue weighted by Gasteiger charge is 2.05. The Kier molecular flexibility index (Phi) is 4.28. The van der Waals surface area contributed by atoms with Crippen LogP contribution in [0.4, 0.5) is 10.5 Å². The Bertz CT molecular complexity index is 799. The van der Waals surface area contributed by atoms with Crippen molar-refractivity contribution in [3.8, 4) is 5.69 Å². The first-order valence-corrected chi connectivity index (χ1v) is 7.14. The van der Waals surface area contributed by atoms with Gasteiger partial charge in [0, 0.05) is 18.1 Å². The van der Waals surface area contributed by atoms with E-state index in [0.29, 0.717) is 12.2 Å². The molecule has 0 aliphatic rings. The molecule has 0 unspecified atom stereocenters. The third-order valence-electron chi connectivity index (χ3n) is 3.17. The largest absolute Gasteiger partial charge is 0.332 e. The van der Waals surface area contributed by atoms with Gasteiger partial charge in [-0.05, 0) is 36.8 Å². The zero-order valence-electron chi connectivity index (χ0n) is 12.6. The molecule has 0 radical (unpaired) electrons. The summed E-state index contributed by atoms with van der Waals surface area (Å²) in [5.74, 6) is 0. The molecular weight excluding hydrogens is 292 g/mol. The Labute approximate surface area is 133 Å². The number of benzene rings is 1. The van der Waals surface area contributed by atoms with Crippen LogP contribution in [0.3, 0.4) is 0 Å². The molecule has 23 heavy (non-hydrogen) atoms. The number of carbonyl (C=O) groups is 1. The lowest BCUT2D eigenvalue weighted by molar-refractivity contribution is 0.251. The van der Waals surface area contributed by atoms with Gasteiger partial charge in [-0.2, -0.15) is 0 Å². The molecule has 0 aliphatic carbocycles. The van der Waals surface area contributed by atoms with E-state index in [9.17, 15) is 4.79 Å². The fourth-order valence-electron chi connectivity index (χ4n) is 2.07. The summed E-state index contributed by atoms with van der Waals surface area (Å²) in [5.41, 5.74) is 3.37. The number of urea groups is 1. The third kappa shape index (κ3) is 3.91. The summed E-state index contributed by atoms with van der Waals surface area (Å²) in [6.45, 7) is 2.27. The SMILES string of the molecule is Cc1cccc(NC(=O)NCc2cn(-c3ccncc3)nn2)c1. The summed E-state index contributed by atoms with van der Waals surface area (Å²) in [6, 6.07) is 11.0. The Hall–Kier alpha value is -3.22. The molecule has 2 aromatic heterocycles. The molecule has 116 valence electrons. The normalized spacial score (nSPS) is 10.3. The lowest BCUT2D eigenvalue weighted by Gasteiger charge is -2.06. The minimum atomic E-state index is -0.283. The number of nitrogens with one attached hydrogen (secondary N) is 2. The second-order valence-electron chi connectivity index (χ2n) is 5.04. The number of amides is 2. The number of aryl methyl sites for hydroxylation is 1. The molecule has 2 N–H and O–H groups in total. The third-order valence-corrected chi connectivity index (χ3v) is 3.17. The molecule has 0 atom stereocenters. The zero-order chi connectivity index (χ0) is 16.1. The van der Waals surface area contributed by atoms with E-state index in [1.165, 1.54) is 0 Å². The van der Waals surface area contributed by atoms with Crippen molar-refractivity contribution in [3.05, 3.63) is 66.2 Å². The summed E-state index contributed by atoms with van der Waals surface area (Å²) < 4.78 is 1.64. The van der Waals surface area contributed by atoms with Crippen LogP contribution in [0, 0.1) is 6.92 Å². The van der Waals surface area contributed by atoms with Crippen LogP contribution in [0.1, 0.15) is 11.3 Å². The highest BCUT2D eigenvalue weighted by molar-refractivity contribution is 5.89. The van der Waals surface area contributed by atoms with E-state index in [2.05, 4.69) is 25.9 Å². The minimum Gasteiger partial charge on any atom is -0.332 e. The van der Waals surface area contributed by atoms with E-state index in [1.54, 1.807) is 23.3 Å². The monoisotopic (exact) mass is 308 g/mol. The van der Waals surface area contributed by atoms with Gasteiger partial charge in [0.25, 0.3) is 0 Å². The van der Waals surface area contributed by atoms with Gasteiger partial charge in [0.15, 0.2) is 0 Å². The molecule has 7 heteroatoms. The smallest absolute Gasteiger partial charge is 0.319 e. The number of nitrogens with zero attached hydrogens (tertiary/aromatic N) is 4. The summed E-state index contributed by atoms with van der Waals surface area (Å²) in [6.07, 6.45) is 5.14. The quantitative estimate of drug-likeness (QED) is 0.774. The van der Waals surface area contributed by atoms with E-state index in [-0.39, 0.29) is 6.03 Å². The summed E-state index contributed by atoms with van der Waals surface area (Å²) >= 11 is 0. The van der Waals surface area contributed by atoms with Gasteiger partial charge in [0.05, 0.1) is 18.4 Å². The molecule has 7 nitrogen and oxygen atoms in total. The predicted molar refractivity (Wildman–Crippen MR) is 86.2 cm³/mol. The van der Waals surface area contributed by atoms with Crippen LogP contribution in [0.25, 0.3) is 5.69 Å². The average Bonchev–Trinajstić information content (AvgIpc) is 3.03. The molecule has 3 rings (SSSR count). The van der Waals surface area contributed by atoms with E-state index >= 15 is 0 Å². The first-order chi connectivity index (χ1) is 11.2. The summed E-state index contributed by atoms with van der Waals surface area (Å²) in [4.78, 5) is 15.8. The minimum absolute atomic E-state index is 0.283. The molecule has 0 spiro atoms. The molecular formula is C16H16N6O. The van der Waals surface area contributed by atoms with Gasteiger partial charge < -0.3 is 10.6 Å². The van der Waals surface area contributed by atoms with Crippen LogP contribution in [-0.4, -0.2) is 26.0 Å². The van der Waals surface area contributed by atoms with E-state index in [0.717, 1.165) is 16.9 Å². The van der Waals surface area contributed by atoms with Crippen molar-refractivity contribution in [3.63, 3.8) is 0 Å². The second kappa shape index (κ2) is 6.69. The molecule has 2 heterocycles. The highest BCUT2D eigenvalue weighted by Crippen LogP contribution is 2.09. The number of pyridine rings is 1. The fourth-order valence-corrected chi connectivity index (χ4v) is 2.07. The van der Waals surface area contributed by atoms with Gasteiger partial charge in [-0.15, -0.1) is 5.10 Å². The van der Waals surface area contributed by atoms with Crippen LogP contribution in [0.5, 0.6) is 0 Å². The maximum Gasteiger partial charge on any atom is 0.319 e. The number of hydrogen-bond acceptors (Lipinski definition) is 4. The molecule has 0 aliphatic heterocycles. The van der Waals surface area contributed by atoms with Gasteiger partial charge in [-0.25, -0.2) is 9.48 Å². The zero-order valence-corrected chi connectivity index (χ0v) is 12.6. The van der Waals surface area contributed by atoms with E-state index in [4.69, 9.17) is 0 Å². The van der Waals surface area contributed by atoms with Crippen LogP contribution in [0.2, 0.25) is 0 Å². The summed E-state index contributed by atoms with van der Waals surface area (Å²) in [7, 11) is 0. The number of hydrogen-bond donors (Lipinski definition) is 2. The van der Waals surface area contributed by atoms with Crippen molar-refractivity contribution >= 4 is 11.7 Å². The average molecular weight is 308 g/mol. The van der Waals surface area contributed by atoms with Gasteiger partial charge in [-0.1, -0.05) is 17.3 Å². The number of rotatable bonds is 4. The Morgan fingerprint density at radius 3 is 2.83 bits per heavy atom. The standard InChI is InChI=1S/C16H16N6O/c1-12-3-2-4-13(9-12)19-16(23)18-10-14-11-22(21-20-14)15-5-7-17-8-6-15/h2-9,11H,10H2,1H3,(H2,18,19,23). The maximum absolute atomic E-state index is 11.9. The van der Waals surface area contributed by atoms with Crippen molar-refractivity contribution in [2.45, 2.75) is 13.5 Å². The number of aromatic nitrogens is 4. The lowest BCUT2D eigenvalue weighted by atomic mass is 10.2. The highest BCUT2D eigenvalue weighted by atomic mass is 16.2. The maximum atomic E-state index is 11.9. The first-order valence-electron chi connectivity index (χ1n) is 7.14. The first kappa shape index (κ1) is 14.7. The number of anilines is 1. The summed E-state index contributed by atoms with van der Waals surface area (Å²) in [5, 5.41) is 13.6. The van der Waals surface area contributed by atoms with Crippen LogP contribution in [0.15, 0.2) is 55.0 Å². The van der Waals surface area contributed by atoms with Crippen molar-refractivity contribution in [2.75, 3.05) is 5.32 Å². The van der Waals surface area contributed by atoms with Crippen molar-refractivity contribution in [2.24, 2.45) is 0 Å². The Morgan fingerprint density at radius 1 is 1.22 bits per heavy atom. The van der Waals surface area contributed by atoms with Crippen LogP contribution in [-0.2, 0) is 6.54 Å².